The van der Waals surface area contributed by atoms with E-state index in [1.54, 1.807) is 0 Å². The van der Waals surface area contributed by atoms with Gasteiger partial charge in [-0.25, -0.2) is 0 Å². The van der Waals surface area contributed by atoms with E-state index in [4.69, 9.17) is 5.11 Å². The third-order valence-corrected chi connectivity index (χ3v) is 2.43. The Labute approximate surface area is 89.2 Å². The predicted octanol–water partition coefficient (Wildman–Crippen LogP) is 4.07. The van der Waals surface area contributed by atoms with Crippen molar-refractivity contribution in [2.75, 3.05) is 6.61 Å². The average molecular weight is 198 g/mol. The van der Waals surface area contributed by atoms with Gasteiger partial charge in [0.15, 0.2) is 0 Å². The van der Waals surface area contributed by atoms with E-state index in [-0.39, 0.29) is 0 Å². The second-order valence-corrected chi connectivity index (χ2v) is 3.87. The van der Waals surface area contributed by atoms with Gasteiger partial charge in [0.25, 0.3) is 0 Å². The van der Waals surface area contributed by atoms with Crippen LogP contribution in [-0.2, 0) is 0 Å². The first-order valence-corrected chi connectivity index (χ1v) is 6.17. The number of allylic oxidation sites excluding steroid dienone is 2. The SMILES string of the molecule is CCC=CCCCCCCCCCO. The molecule has 0 aliphatic rings. The molecule has 0 bridgehead atoms. The lowest BCUT2D eigenvalue weighted by Gasteiger charge is -1.99. The summed E-state index contributed by atoms with van der Waals surface area (Å²) in [5, 5.41) is 8.58. The van der Waals surface area contributed by atoms with Crippen LogP contribution >= 0.6 is 0 Å². The molecule has 0 spiro atoms. The van der Waals surface area contributed by atoms with Crippen LogP contribution in [0.5, 0.6) is 0 Å². The Morgan fingerprint density at radius 3 is 1.93 bits per heavy atom. The maximum Gasteiger partial charge on any atom is 0.0431 e. The molecule has 0 radical (unpaired) electrons. The van der Waals surface area contributed by atoms with E-state index in [0.29, 0.717) is 6.61 Å². The zero-order chi connectivity index (χ0) is 10.5. The molecular weight excluding hydrogens is 172 g/mol. The normalized spacial score (nSPS) is 11.3. The minimum absolute atomic E-state index is 0.363. The summed E-state index contributed by atoms with van der Waals surface area (Å²) in [5.41, 5.74) is 0. The van der Waals surface area contributed by atoms with Gasteiger partial charge in [-0.2, -0.15) is 0 Å². The zero-order valence-electron chi connectivity index (χ0n) is 9.67. The van der Waals surface area contributed by atoms with Crippen LogP contribution in [0.1, 0.15) is 64.7 Å². The van der Waals surface area contributed by atoms with Crippen LogP contribution in [0.3, 0.4) is 0 Å². The summed E-state index contributed by atoms with van der Waals surface area (Å²) in [6, 6.07) is 0. The molecule has 0 aromatic heterocycles. The standard InChI is InChI=1S/C13H26O/c1-2-3-4-5-6-7-8-9-10-11-12-13-14/h3-4,14H,2,5-13H2,1H3. The molecule has 0 aliphatic heterocycles. The highest BCUT2D eigenvalue weighted by molar-refractivity contribution is 4.79. The zero-order valence-corrected chi connectivity index (χ0v) is 9.67. The van der Waals surface area contributed by atoms with Crippen LogP contribution < -0.4 is 0 Å². The first-order valence-electron chi connectivity index (χ1n) is 6.17. The quantitative estimate of drug-likeness (QED) is 0.414. The molecule has 0 atom stereocenters. The van der Waals surface area contributed by atoms with Crippen LogP contribution in [0.2, 0.25) is 0 Å². The second-order valence-electron chi connectivity index (χ2n) is 3.87. The number of aliphatic hydroxyl groups excluding tert-OH is 1. The molecule has 0 amide bonds. The largest absolute Gasteiger partial charge is 0.396 e. The van der Waals surface area contributed by atoms with Crippen LogP contribution in [0.15, 0.2) is 12.2 Å². The summed E-state index contributed by atoms with van der Waals surface area (Å²) in [4.78, 5) is 0. The fraction of sp³-hybridized carbons (Fsp3) is 0.846. The summed E-state index contributed by atoms with van der Waals surface area (Å²) in [7, 11) is 0. The molecule has 1 heteroatoms. The molecule has 1 N–H and O–H groups in total. The maximum atomic E-state index is 8.58. The highest BCUT2D eigenvalue weighted by atomic mass is 16.2. The van der Waals surface area contributed by atoms with Gasteiger partial charge in [0.2, 0.25) is 0 Å². The predicted molar refractivity (Wildman–Crippen MR) is 63.5 cm³/mol. The summed E-state index contributed by atoms with van der Waals surface area (Å²) < 4.78 is 0. The summed E-state index contributed by atoms with van der Waals surface area (Å²) >= 11 is 0. The van der Waals surface area contributed by atoms with Crippen molar-refractivity contribution in [1.29, 1.82) is 0 Å². The lowest BCUT2D eigenvalue weighted by Crippen LogP contribution is -1.83. The third kappa shape index (κ3) is 11.7. The summed E-state index contributed by atoms with van der Waals surface area (Å²) in [5.74, 6) is 0. The van der Waals surface area contributed by atoms with Crippen molar-refractivity contribution in [3.8, 4) is 0 Å². The molecule has 0 saturated carbocycles. The number of hydrogen-bond donors (Lipinski definition) is 1. The van der Waals surface area contributed by atoms with Crippen molar-refractivity contribution in [3.63, 3.8) is 0 Å². The molecule has 0 saturated heterocycles. The molecule has 0 aliphatic carbocycles. The topological polar surface area (TPSA) is 20.2 Å². The van der Waals surface area contributed by atoms with E-state index in [1.807, 2.05) is 0 Å². The van der Waals surface area contributed by atoms with E-state index in [0.717, 1.165) is 6.42 Å². The lowest BCUT2D eigenvalue weighted by molar-refractivity contribution is 0.282. The van der Waals surface area contributed by atoms with Gasteiger partial charge >= 0.3 is 0 Å². The van der Waals surface area contributed by atoms with E-state index >= 15 is 0 Å². The van der Waals surface area contributed by atoms with Gasteiger partial charge in [-0.3, -0.25) is 0 Å². The van der Waals surface area contributed by atoms with Crippen LogP contribution in [0.25, 0.3) is 0 Å². The van der Waals surface area contributed by atoms with Crippen molar-refractivity contribution in [3.05, 3.63) is 12.2 Å². The molecule has 0 rings (SSSR count). The number of hydrogen-bond acceptors (Lipinski definition) is 1. The van der Waals surface area contributed by atoms with Gasteiger partial charge in [0, 0.05) is 6.61 Å². The number of rotatable bonds is 10. The monoisotopic (exact) mass is 198 g/mol. The molecule has 84 valence electrons. The molecule has 0 aromatic rings. The molecule has 1 nitrogen and oxygen atoms in total. The Hall–Kier alpha value is -0.300. The Kier molecular flexibility index (Phi) is 12.4. The molecule has 0 unspecified atom stereocenters. The van der Waals surface area contributed by atoms with Gasteiger partial charge in [-0.1, -0.05) is 51.2 Å². The number of unbranched alkanes of at least 4 members (excludes halogenated alkanes) is 7. The van der Waals surface area contributed by atoms with Crippen LogP contribution in [0, 0.1) is 0 Å². The average Bonchev–Trinajstić information content (AvgIpc) is 2.21. The molecule has 0 heterocycles. The van der Waals surface area contributed by atoms with Gasteiger partial charge < -0.3 is 5.11 Å². The smallest absolute Gasteiger partial charge is 0.0431 e. The van der Waals surface area contributed by atoms with Crippen molar-refractivity contribution < 1.29 is 5.11 Å². The Balaban J connectivity index is 2.88. The maximum absolute atomic E-state index is 8.58. The van der Waals surface area contributed by atoms with E-state index in [9.17, 15) is 0 Å². The van der Waals surface area contributed by atoms with Gasteiger partial charge in [0.05, 0.1) is 0 Å². The molecular formula is C13H26O. The summed E-state index contributed by atoms with van der Waals surface area (Å²) in [6.07, 6.45) is 15.9. The Morgan fingerprint density at radius 2 is 1.36 bits per heavy atom. The van der Waals surface area contributed by atoms with Gasteiger partial charge in [0.1, 0.15) is 0 Å². The lowest BCUT2D eigenvalue weighted by atomic mass is 10.1. The third-order valence-electron chi connectivity index (χ3n) is 2.43. The number of aliphatic hydroxyl groups is 1. The van der Waals surface area contributed by atoms with E-state index in [2.05, 4.69) is 19.1 Å². The summed E-state index contributed by atoms with van der Waals surface area (Å²) in [6.45, 7) is 2.54. The first-order chi connectivity index (χ1) is 6.91. The molecule has 0 fully saturated rings. The van der Waals surface area contributed by atoms with E-state index in [1.165, 1.54) is 51.4 Å². The highest BCUT2D eigenvalue weighted by Crippen LogP contribution is 2.08. The second kappa shape index (κ2) is 12.7. The minimum Gasteiger partial charge on any atom is -0.396 e. The van der Waals surface area contributed by atoms with Crippen molar-refractivity contribution in [2.24, 2.45) is 0 Å². The fourth-order valence-corrected chi connectivity index (χ4v) is 1.54. The highest BCUT2D eigenvalue weighted by Gasteiger charge is 1.90. The van der Waals surface area contributed by atoms with Crippen molar-refractivity contribution >= 4 is 0 Å². The molecule has 14 heavy (non-hydrogen) atoms. The fourth-order valence-electron chi connectivity index (χ4n) is 1.54. The van der Waals surface area contributed by atoms with Crippen LogP contribution in [-0.4, -0.2) is 11.7 Å². The Bertz CT molecular complexity index is 118. The van der Waals surface area contributed by atoms with Gasteiger partial charge in [-0.05, 0) is 25.7 Å². The van der Waals surface area contributed by atoms with Crippen molar-refractivity contribution in [1.82, 2.24) is 0 Å². The van der Waals surface area contributed by atoms with Gasteiger partial charge in [-0.15, -0.1) is 0 Å². The minimum atomic E-state index is 0.363. The van der Waals surface area contributed by atoms with E-state index < -0.39 is 0 Å². The first kappa shape index (κ1) is 13.7. The molecule has 0 aromatic carbocycles. The van der Waals surface area contributed by atoms with Crippen molar-refractivity contribution in [2.45, 2.75) is 64.7 Å². The van der Waals surface area contributed by atoms with Crippen LogP contribution in [0.4, 0.5) is 0 Å². The Morgan fingerprint density at radius 1 is 0.786 bits per heavy atom.